The summed E-state index contributed by atoms with van der Waals surface area (Å²) in [6.45, 7) is 12.4. The summed E-state index contributed by atoms with van der Waals surface area (Å²) in [5.74, 6) is -2.54. The number of carbonyl (C=O) groups excluding carboxylic acids is 3. The highest BCUT2D eigenvalue weighted by molar-refractivity contribution is 5.90. The van der Waals surface area contributed by atoms with Crippen LogP contribution >= 0.6 is 0 Å². The molecule has 4 aliphatic carbocycles. The molecule has 7 rings (SSSR count). The van der Waals surface area contributed by atoms with Crippen molar-refractivity contribution in [2.24, 2.45) is 34.5 Å². The van der Waals surface area contributed by atoms with E-state index in [1.54, 1.807) is 58.0 Å². The lowest BCUT2D eigenvalue weighted by molar-refractivity contribution is -0.342. The number of Topliss-reactive ketones (excluding diaryl/α,β-unsaturated/α-hetero) is 1. The Balaban J connectivity index is 1.13. The highest BCUT2D eigenvalue weighted by Crippen LogP contribution is 2.70. The van der Waals surface area contributed by atoms with Crippen LogP contribution < -0.4 is 0 Å². The first-order chi connectivity index (χ1) is 28.4. The Labute approximate surface area is 353 Å². The fourth-order valence-electron chi connectivity index (χ4n) is 12.4. The third kappa shape index (κ3) is 7.69. The third-order valence-corrected chi connectivity index (χ3v) is 15.9. The fraction of sp³-hybridized carbons (Fsp3) is 0.761. The van der Waals surface area contributed by atoms with Crippen LogP contribution in [-0.4, -0.2) is 124 Å². The normalized spacial score (nSPS) is 46.7. The standard InChI is InChI=1S/C46H66O14/c1-9-23(2)41(51)60-40-38(58-42(52)27-13-11-10-12-14-27)34-31(46(53)20-18-30(24(3)47)45(40,46)7)16-15-28-21-29(17-19-44(28,34)6)57-33-22-32(48)37(26(5)55-33)59-43-36(50)39(54-8)35(49)25(4)56-43/h9-14,25-26,28-40,43,48-50,53H,15-22H2,1-8H3/b23-9+/t25-,26-,28?,29+,30-,31-,32-,33+,34-,35-,36-,37-,38+,39-,40-,43+,44+,45+,46+/m1/s1. The van der Waals surface area contributed by atoms with E-state index in [4.69, 9.17) is 33.2 Å². The van der Waals surface area contributed by atoms with Gasteiger partial charge in [0.05, 0.1) is 35.6 Å². The van der Waals surface area contributed by atoms with Gasteiger partial charge >= 0.3 is 11.9 Å². The molecule has 6 aliphatic rings. The van der Waals surface area contributed by atoms with Gasteiger partial charge in [-0.3, -0.25) is 4.79 Å². The molecule has 0 amide bonds. The molecule has 2 saturated heterocycles. The van der Waals surface area contributed by atoms with Crippen molar-refractivity contribution in [3.63, 3.8) is 0 Å². The molecule has 1 unspecified atom stereocenters. The van der Waals surface area contributed by atoms with Gasteiger partial charge < -0.3 is 53.6 Å². The van der Waals surface area contributed by atoms with E-state index in [0.29, 0.717) is 49.7 Å². The largest absolute Gasteiger partial charge is 0.454 e. The average molecular weight is 843 g/mol. The van der Waals surface area contributed by atoms with Crippen LogP contribution in [0, 0.1) is 34.5 Å². The molecule has 1 aromatic rings. The van der Waals surface area contributed by atoms with E-state index in [0.717, 1.165) is 6.42 Å². The Morgan fingerprint density at radius 2 is 1.55 bits per heavy atom. The Morgan fingerprint density at radius 3 is 2.20 bits per heavy atom. The lowest BCUT2D eigenvalue weighted by Gasteiger charge is -2.66. The van der Waals surface area contributed by atoms with E-state index in [1.807, 2.05) is 13.0 Å². The van der Waals surface area contributed by atoms with E-state index in [-0.39, 0.29) is 30.1 Å². The maximum Gasteiger partial charge on any atom is 0.338 e. The van der Waals surface area contributed by atoms with Crippen molar-refractivity contribution in [3.05, 3.63) is 47.5 Å². The number of hydrogen-bond donors (Lipinski definition) is 4. The smallest absolute Gasteiger partial charge is 0.338 e. The zero-order valence-electron chi connectivity index (χ0n) is 36.2. The molecule has 334 valence electrons. The van der Waals surface area contributed by atoms with Gasteiger partial charge in [-0.2, -0.15) is 0 Å². The van der Waals surface area contributed by atoms with E-state index in [2.05, 4.69) is 6.92 Å². The molecule has 14 nitrogen and oxygen atoms in total. The molecule has 0 bridgehead atoms. The molecule has 2 aliphatic heterocycles. The SMILES string of the molecule is C/C=C(\C)C(=O)O[C@@H]1[C@@H](OC(=O)c2ccccc2)[C@H]2[C@@H](CCC3C[C@@H](O[C@H]4C[C@@H](O)[C@H](O[C@@H]5O[C@H](C)[C@@H](O)[C@@H](OC)[C@H]5O)[C@@H](C)O4)CC[C@@]32C)[C@@]2(O)CC[C@H](C(C)=O)[C@@]12C. The number of benzene rings is 1. The lowest BCUT2D eigenvalue weighted by Crippen LogP contribution is -2.73. The van der Waals surface area contributed by atoms with Gasteiger partial charge in [-0.05, 0) is 109 Å². The molecule has 6 fully saturated rings. The van der Waals surface area contributed by atoms with E-state index in [9.17, 15) is 34.8 Å². The molecule has 4 N–H and O–H groups in total. The number of allylic oxidation sites excluding steroid dienone is 1. The summed E-state index contributed by atoms with van der Waals surface area (Å²) in [5.41, 5.74) is -2.36. The van der Waals surface area contributed by atoms with Gasteiger partial charge in [0.25, 0.3) is 0 Å². The Hall–Kier alpha value is -2.79. The van der Waals surface area contributed by atoms with Crippen LogP contribution in [0.2, 0.25) is 0 Å². The lowest BCUT2D eigenvalue weighted by atomic mass is 9.41. The summed E-state index contributed by atoms with van der Waals surface area (Å²) in [6.07, 6.45) is -4.72. The fourth-order valence-corrected chi connectivity index (χ4v) is 12.4. The second kappa shape index (κ2) is 17.4. The van der Waals surface area contributed by atoms with Gasteiger partial charge in [0, 0.05) is 36.4 Å². The van der Waals surface area contributed by atoms with Crippen molar-refractivity contribution in [2.75, 3.05) is 7.11 Å². The van der Waals surface area contributed by atoms with Gasteiger partial charge in [-0.15, -0.1) is 0 Å². The van der Waals surface area contributed by atoms with Crippen LogP contribution in [0.5, 0.6) is 0 Å². The monoisotopic (exact) mass is 842 g/mol. The van der Waals surface area contributed by atoms with E-state index in [1.165, 1.54) is 14.0 Å². The van der Waals surface area contributed by atoms with E-state index >= 15 is 0 Å². The zero-order chi connectivity index (χ0) is 43.5. The predicted octanol–water partition coefficient (Wildman–Crippen LogP) is 4.42. The third-order valence-electron chi connectivity index (χ3n) is 15.9. The maximum absolute atomic E-state index is 14.1. The molecule has 19 atom stereocenters. The number of aliphatic hydroxyl groups excluding tert-OH is 3. The molecule has 1 aromatic carbocycles. The minimum Gasteiger partial charge on any atom is -0.454 e. The van der Waals surface area contributed by atoms with Crippen LogP contribution in [0.3, 0.4) is 0 Å². The average Bonchev–Trinajstić information content (AvgIpc) is 3.50. The second-order valence-corrected chi connectivity index (χ2v) is 19.0. The first-order valence-corrected chi connectivity index (χ1v) is 21.9. The quantitative estimate of drug-likeness (QED) is 0.147. The summed E-state index contributed by atoms with van der Waals surface area (Å²) < 4.78 is 43.1. The Bertz CT molecular complexity index is 1740. The zero-order valence-corrected chi connectivity index (χ0v) is 36.2. The summed E-state index contributed by atoms with van der Waals surface area (Å²) in [6, 6.07) is 8.70. The number of ketones is 1. The molecule has 0 radical (unpaired) electrons. The van der Waals surface area contributed by atoms with Crippen LogP contribution in [0.25, 0.3) is 0 Å². The van der Waals surface area contributed by atoms with Crippen molar-refractivity contribution < 1.29 is 68.0 Å². The number of rotatable bonds is 10. The molecule has 60 heavy (non-hydrogen) atoms. The number of esters is 2. The van der Waals surface area contributed by atoms with Crippen LogP contribution in [-0.2, 0) is 42.7 Å². The highest BCUT2D eigenvalue weighted by Gasteiger charge is 2.76. The molecule has 4 saturated carbocycles. The van der Waals surface area contributed by atoms with Crippen LogP contribution in [0.1, 0.15) is 110 Å². The summed E-state index contributed by atoms with van der Waals surface area (Å²) in [4.78, 5) is 41.3. The van der Waals surface area contributed by atoms with Gasteiger partial charge in [0.15, 0.2) is 12.6 Å². The van der Waals surface area contributed by atoms with Gasteiger partial charge in [-0.25, -0.2) is 9.59 Å². The van der Waals surface area contributed by atoms with Gasteiger partial charge in [0.1, 0.15) is 42.4 Å². The second-order valence-electron chi connectivity index (χ2n) is 19.0. The molecule has 0 spiro atoms. The number of fused-ring (bicyclic) bond motifs is 5. The van der Waals surface area contributed by atoms with Gasteiger partial charge in [0.2, 0.25) is 0 Å². The summed E-state index contributed by atoms with van der Waals surface area (Å²) >= 11 is 0. The van der Waals surface area contributed by atoms with Crippen LogP contribution in [0.15, 0.2) is 42.0 Å². The summed E-state index contributed by atoms with van der Waals surface area (Å²) in [5, 5.41) is 45.7. The highest BCUT2D eigenvalue weighted by atomic mass is 16.7. The number of carbonyl (C=O) groups is 3. The number of hydrogen-bond acceptors (Lipinski definition) is 14. The molecule has 0 aromatic heterocycles. The van der Waals surface area contributed by atoms with Crippen LogP contribution in [0.4, 0.5) is 0 Å². The van der Waals surface area contributed by atoms with Crippen molar-refractivity contribution in [3.8, 4) is 0 Å². The Kier molecular flexibility index (Phi) is 13.1. The predicted molar refractivity (Wildman–Crippen MR) is 215 cm³/mol. The number of ether oxygens (including phenoxy) is 7. The van der Waals surface area contributed by atoms with Crippen molar-refractivity contribution in [2.45, 2.75) is 179 Å². The maximum atomic E-state index is 14.1. The molecular weight excluding hydrogens is 776 g/mol. The molecular formula is C46H66O14. The minimum atomic E-state index is -1.37. The molecule has 14 heteroatoms. The number of methoxy groups -OCH3 is 1. The van der Waals surface area contributed by atoms with Gasteiger partial charge in [-0.1, -0.05) is 38.1 Å². The number of aliphatic hydroxyl groups is 4. The first kappa shape index (κ1) is 45.2. The summed E-state index contributed by atoms with van der Waals surface area (Å²) in [7, 11) is 1.39. The Morgan fingerprint density at radius 1 is 0.833 bits per heavy atom. The van der Waals surface area contributed by atoms with Crippen molar-refractivity contribution in [1.29, 1.82) is 0 Å². The first-order valence-electron chi connectivity index (χ1n) is 21.9. The molecule has 2 heterocycles. The minimum absolute atomic E-state index is 0.0695. The van der Waals surface area contributed by atoms with Crippen molar-refractivity contribution in [1.82, 2.24) is 0 Å². The van der Waals surface area contributed by atoms with Crippen molar-refractivity contribution >= 4 is 17.7 Å². The topological polar surface area (TPSA) is 197 Å². The van der Waals surface area contributed by atoms with E-state index < -0.39 is 108 Å².